The maximum absolute atomic E-state index is 11.9. The highest BCUT2D eigenvalue weighted by Crippen LogP contribution is 2.14. The van der Waals surface area contributed by atoms with Crippen LogP contribution in [-0.2, 0) is 6.42 Å². The van der Waals surface area contributed by atoms with E-state index in [1.54, 1.807) is 25.3 Å². The van der Waals surface area contributed by atoms with Gasteiger partial charge in [0.2, 0.25) is 0 Å². The molecule has 112 valence electrons. The number of para-hydroxylation sites is 1. The Morgan fingerprint density at radius 1 is 1.29 bits per heavy atom. The molecule has 21 heavy (non-hydrogen) atoms. The molecule has 1 aromatic heterocycles. The summed E-state index contributed by atoms with van der Waals surface area (Å²) in [6.07, 6.45) is 1.90. The number of nitrogens with one attached hydrogen (secondary N) is 2. The molecule has 2 rings (SSSR count). The molecule has 1 aromatic carbocycles. The van der Waals surface area contributed by atoms with Crippen LogP contribution in [-0.4, -0.2) is 23.3 Å². The van der Waals surface area contributed by atoms with E-state index in [-0.39, 0.29) is 12.6 Å². The molecular weight excluding hydrogens is 268 g/mol. The summed E-state index contributed by atoms with van der Waals surface area (Å²) >= 11 is 0. The number of carbonyl (C=O) groups excluding carboxylic acids is 1. The summed E-state index contributed by atoms with van der Waals surface area (Å²) in [5.41, 5.74) is 0.664. The Balaban J connectivity index is 1.84. The minimum Gasteiger partial charge on any atom is -0.469 e. The number of hydrogen-bond acceptors (Lipinski definition) is 3. The van der Waals surface area contributed by atoms with Crippen LogP contribution in [0.5, 0.6) is 0 Å². The first kappa shape index (κ1) is 15.1. The van der Waals surface area contributed by atoms with Crippen LogP contribution in [0.15, 0.2) is 47.1 Å². The van der Waals surface area contributed by atoms with Crippen molar-refractivity contribution in [1.29, 1.82) is 0 Å². The Kier molecular flexibility index (Phi) is 4.65. The smallest absolute Gasteiger partial charge is 0.319 e. The molecule has 0 bridgehead atoms. The van der Waals surface area contributed by atoms with Gasteiger partial charge in [-0.05, 0) is 37.6 Å². The van der Waals surface area contributed by atoms with Crippen molar-refractivity contribution >= 4 is 11.7 Å². The van der Waals surface area contributed by atoms with Crippen molar-refractivity contribution in [2.24, 2.45) is 0 Å². The molecule has 2 amide bonds. The lowest BCUT2D eigenvalue weighted by molar-refractivity contribution is 0.0577. The largest absolute Gasteiger partial charge is 0.469 e. The van der Waals surface area contributed by atoms with Crippen molar-refractivity contribution in [1.82, 2.24) is 5.32 Å². The van der Waals surface area contributed by atoms with Gasteiger partial charge in [0.1, 0.15) is 5.76 Å². The number of hydrogen-bond donors (Lipinski definition) is 3. The van der Waals surface area contributed by atoms with Crippen molar-refractivity contribution in [2.45, 2.75) is 25.9 Å². The highest BCUT2D eigenvalue weighted by molar-refractivity contribution is 5.90. The Bertz CT molecular complexity index is 591. The van der Waals surface area contributed by atoms with Crippen LogP contribution in [0.25, 0.3) is 0 Å². The first-order valence-corrected chi connectivity index (χ1v) is 6.81. The molecule has 0 saturated heterocycles. The number of anilines is 1. The molecule has 0 aliphatic rings. The van der Waals surface area contributed by atoms with Crippen LogP contribution in [0.2, 0.25) is 0 Å². The summed E-state index contributed by atoms with van der Waals surface area (Å²) in [6.45, 7) is 3.71. The number of benzene rings is 1. The van der Waals surface area contributed by atoms with E-state index < -0.39 is 5.60 Å². The number of amides is 2. The van der Waals surface area contributed by atoms with Gasteiger partial charge in [0, 0.05) is 18.7 Å². The molecular formula is C16H20N2O3. The Morgan fingerprint density at radius 3 is 2.71 bits per heavy atom. The van der Waals surface area contributed by atoms with Gasteiger partial charge in [0.25, 0.3) is 0 Å². The van der Waals surface area contributed by atoms with Crippen molar-refractivity contribution in [3.05, 3.63) is 54.0 Å². The molecule has 1 unspecified atom stereocenters. The second-order valence-corrected chi connectivity index (χ2v) is 5.38. The zero-order valence-corrected chi connectivity index (χ0v) is 12.2. The van der Waals surface area contributed by atoms with E-state index >= 15 is 0 Å². The van der Waals surface area contributed by atoms with Crippen molar-refractivity contribution in [2.75, 3.05) is 11.9 Å². The summed E-state index contributed by atoms with van der Waals surface area (Å²) in [5, 5.41) is 15.7. The van der Waals surface area contributed by atoms with Gasteiger partial charge in [-0.25, -0.2) is 4.79 Å². The normalized spacial score (nSPS) is 13.5. The summed E-state index contributed by atoms with van der Waals surface area (Å²) in [7, 11) is 0. The van der Waals surface area contributed by atoms with Crippen molar-refractivity contribution in [3.63, 3.8) is 0 Å². The second kappa shape index (κ2) is 6.45. The molecule has 0 radical (unpaired) electrons. The molecule has 0 spiro atoms. The van der Waals surface area contributed by atoms with E-state index in [9.17, 15) is 9.90 Å². The number of furan rings is 1. The van der Waals surface area contributed by atoms with Crippen LogP contribution in [0.4, 0.5) is 10.5 Å². The standard InChI is InChI=1S/C16H20N2O3/c1-12-6-3-4-8-14(12)18-15(19)17-11-16(2,20)10-13-7-5-9-21-13/h3-9,20H,10-11H2,1-2H3,(H2,17,18,19). The number of aliphatic hydroxyl groups is 1. The number of aryl methyl sites for hydroxylation is 1. The van der Waals surface area contributed by atoms with Gasteiger partial charge in [-0.1, -0.05) is 18.2 Å². The molecule has 1 heterocycles. The topological polar surface area (TPSA) is 74.5 Å². The summed E-state index contributed by atoms with van der Waals surface area (Å²) < 4.78 is 5.20. The van der Waals surface area contributed by atoms with Gasteiger partial charge in [0.15, 0.2) is 0 Å². The van der Waals surface area contributed by atoms with E-state index in [4.69, 9.17) is 4.42 Å². The first-order valence-electron chi connectivity index (χ1n) is 6.81. The zero-order valence-electron chi connectivity index (χ0n) is 12.2. The summed E-state index contributed by atoms with van der Waals surface area (Å²) in [5.74, 6) is 0.682. The van der Waals surface area contributed by atoms with Crippen molar-refractivity contribution in [3.8, 4) is 0 Å². The van der Waals surface area contributed by atoms with E-state index in [2.05, 4.69) is 10.6 Å². The molecule has 5 nitrogen and oxygen atoms in total. The fraction of sp³-hybridized carbons (Fsp3) is 0.312. The number of urea groups is 1. The third-order valence-electron chi connectivity index (χ3n) is 3.16. The van der Waals surface area contributed by atoms with Gasteiger partial charge in [-0.15, -0.1) is 0 Å². The van der Waals surface area contributed by atoms with E-state index in [0.29, 0.717) is 12.2 Å². The molecule has 0 fully saturated rings. The molecule has 2 aromatic rings. The highest BCUT2D eigenvalue weighted by Gasteiger charge is 2.23. The molecule has 0 aliphatic carbocycles. The van der Waals surface area contributed by atoms with Gasteiger partial charge in [-0.3, -0.25) is 0 Å². The third kappa shape index (κ3) is 4.65. The molecule has 0 saturated carbocycles. The van der Waals surface area contributed by atoms with Gasteiger partial charge >= 0.3 is 6.03 Å². The predicted octanol–water partition coefficient (Wildman–Crippen LogP) is 2.70. The highest BCUT2D eigenvalue weighted by atomic mass is 16.3. The summed E-state index contributed by atoms with van der Waals surface area (Å²) in [6, 6.07) is 10.7. The van der Waals surface area contributed by atoms with E-state index in [1.165, 1.54) is 0 Å². The maximum atomic E-state index is 11.9. The lowest BCUT2D eigenvalue weighted by Crippen LogP contribution is -2.43. The number of carbonyl (C=O) groups is 1. The average Bonchev–Trinajstić information content (AvgIpc) is 2.91. The second-order valence-electron chi connectivity index (χ2n) is 5.38. The van der Waals surface area contributed by atoms with Gasteiger partial charge < -0.3 is 20.2 Å². The predicted molar refractivity (Wildman–Crippen MR) is 81.2 cm³/mol. The third-order valence-corrected chi connectivity index (χ3v) is 3.16. The van der Waals surface area contributed by atoms with Gasteiger partial charge in [-0.2, -0.15) is 0 Å². The fourth-order valence-electron chi connectivity index (χ4n) is 2.00. The first-order chi connectivity index (χ1) is 9.96. The lowest BCUT2D eigenvalue weighted by Gasteiger charge is -2.22. The van der Waals surface area contributed by atoms with Crippen molar-refractivity contribution < 1.29 is 14.3 Å². The van der Waals surface area contributed by atoms with Crippen LogP contribution < -0.4 is 10.6 Å². The molecule has 3 N–H and O–H groups in total. The quantitative estimate of drug-likeness (QED) is 0.792. The Labute approximate surface area is 124 Å². The van der Waals surface area contributed by atoms with Gasteiger partial charge in [0.05, 0.1) is 11.9 Å². The molecule has 1 atom stereocenters. The average molecular weight is 288 g/mol. The van der Waals surface area contributed by atoms with Crippen LogP contribution in [0.1, 0.15) is 18.2 Å². The minimum absolute atomic E-state index is 0.130. The summed E-state index contributed by atoms with van der Waals surface area (Å²) in [4.78, 5) is 11.9. The Morgan fingerprint density at radius 2 is 2.05 bits per heavy atom. The zero-order chi connectivity index (χ0) is 15.3. The lowest BCUT2D eigenvalue weighted by atomic mass is 10.0. The van der Waals surface area contributed by atoms with E-state index in [1.807, 2.05) is 31.2 Å². The minimum atomic E-state index is -1.07. The van der Waals surface area contributed by atoms with Crippen LogP contribution in [0.3, 0.4) is 0 Å². The van der Waals surface area contributed by atoms with Crippen LogP contribution >= 0.6 is 0 Å². The monoisotopic (exact) mass is 288 g/mol. The Hall–Kier alpha value is -2.27. The fourth-order valence-corrected chi connectivity index (χ4v) is 2.00. The van der Waals surface area contributed by atoms with E-state index in [0.717, 1.165) is 11.3 Å². The maximum Gasteiger partial charge on any atom is 0.319 e. The molecule has 0 aliphatic heterocycles. The van der Waals surface area contributed by atoms with Crippen LogP contribution in [0, 0.1) is 6.92 Å². The number of rotatable bonds is 5. The SMILES string of the molecule is Cc1ccccc1NC(=O)NCC(C)(O)Cc1ccco1. The molecule has 5 heteroatoms.